The van der Waals surface area contributed by atoms with Gasteiger partial charge in [0.15, 0.2) is 0 Å². The molecule has 1 atom stereocenters. The zero-order chi connectivity index (χ0) is 18.7. The number of rotatable bonds is 8. The number of nitrogens with zero attached hydrogens (tertiary/aromatic N) is 2. The molecule has 4 N–H and O–H groups in total. The number of likely N-dealkylation sites (N-methyl/N-ethyl adjacent to an activating group) is 1. The number of fused-ring (bicyclic) bond motifs is 3. The number of aliphatic hydroxyl groups excluding tert-OH is 3. The van der Waals surface area contributed by atoms with E-state index in [0.717, 1.165) is 27.8 Å². The highest BCUT2D eigenvalue weighted by Crippen LogP contribution is 2.30. The first-order valence-corrected chi connectivity index (χ1v) is 9.15. The van der Waals surface area contributed by atoms with Gasteiger partial charge in [-0.05, 0) is 18.1 Å². The molecule has 0 saturated carbocycles. The summed E-state index contributed by atoms with van der Waals surface area (Å²) in [6, 6.07) is 7.94. The van der Waals surface area contributed by atoms with Crippen LogP contribution in [0.3, 0.4) is 0 Å². The number of carbonyl (C=O) groups excluding carboxylic acids is 1. The summed E-state index contributed by atoms with van der Waals surface area (Å²) < 4.78 is 1.93. The Morgan fingerprint density at radius 2 is 1.88 bits per heavy atom. The average Bonchev–Trinajstić information content (AvgIpc) is 2.93. The lowest BCUT2D eigenvalue weighted by Gasteiger charge is -2.26. The smallest absolute Gasteiger partial charge is 0.270 e. The standard InChI is InChI=1S/C19H27N3O4/c1-20-7-6-16-15-4-2-3-5-17(15)22(18(16)19(20)26)13-14(25)12-21(8-10-23)9-11-24/h2-5,14,23-25H,6-13H2,1H3/p+1/t14-/m0/s1. The number of carbonyl (C=O) groups is 1. The Labute approximate surface area is 153 Å². The maximum Gasteiger partial charge on any atom is 0.270 e. The topological polar surface area (TPSA) is 90.4 Å². The van der Waals surface area contributed by atoms with Crippen LogP contribution >= 0.6 is 0 Å². The van der Waals surface area contributed by atoms with Crippen molar-refractivity contribution in [1.29, 1.82) is 0 Å². The molecule has 7 nitrogen and oxygen atoms in total. The Morgan fingerprint density at radius 1 is 1.19 bits per heavy atom. The predicted molar refractivity (Wildman–Crippen MR) is 98.3 cm³/mol. The lowest BCUT2D eigenvalue weighted by atomic mass is 10.0. The van der Waals surface area contributed by atoms with Crippen LogP contribution in [0, 0.1) is 0 Å². The highest BCUT2D eigenvalue weighted by molar-refractivity contribution is 6.02. The van der Waals surface area contributed by atoms with Gasteiger partial charge < -0.3 is 29.7 Å². The Kier molecular flexibility index (Phi) is 5.93. The van der Waals surface area contributed by atoms with E-state index in [9.17, 15) is 9.90 Å². The molecule has 1 aromatic carbocycles. The van der Waals surface area contributed by atoms with Gasteiger partial charge in [0.1, 0.15) is 31.4 Å². The third kappa shape index (κ3) is 3.61. The highest BCUT2D eigenvalue weighted by Gasteiger charge is 2.30. The fraction of sp³-hybridized carbons (Fsp3) is 0.526. The van der Waals surface area contributed by atoms with E-state index in [-0.39, 0.29) is 19.1 Å². The number of aromatic nitrogens is 1. The second-order valence-electron chi connectivity index (χ2n) is 6.99. The van der Waals surface area contributed by atoms with Crippen LogP contribution in [0.5, 0.6) is 0 Å². The van der Waals surface area contributed by atoms with Crippen LogP contribution in [0.25, 0.3) is 10.9 Å². The Morgan fingerprint density at radius 3 is 2.58 bits per heavy atom. The molecule has 142 valence electrons. The van der Waals surface area contributed by atoms with Crippen molar-refractivity contribution in [2.75, 3.05) is 46.4 Å². The summed E-state index contributed by atoms with van der Waals surface area (Å²) in [5, 5.41) is 30.0. The number of hydrogen-bond donors (Lipinski definition) is 4. The Bertz CT molecular complexity index is 767. The molecule has 0 bridgehead atoms. The van der Waals surface area contributed by atoms with Crippen LogP contribution in [0.1, 0.15) is 16.1 Å². The van der Waals surface area contributed by atoms with E-state index in [1.54, 1.807) is 11.9 Å². The minimum absolute atomic E-state index is 0.00713. The van der Waals surface area contributed by atoms with Gasteiger partial charge in [0.25, 0.3) is 5.91 Å². The SMILES string of the molecule is CN1CCc2c(n(C[C@@H](O)C[NH+](CCO)CCO)c3ccccc23)C1=O. The predicted octanol–water partition coefficient (Wildman–Crippen LogP) is -1.50. The molecule has 0 radical (unpaired) electrons. The van der Waals surface area contributed by atoms with Gasteiger partial charge in [0.2, 0.25) is 0 Å². The Balaban J connectivity index is 1.91. The first-order valence-electron chi connectivity index (χ1n) is 9.15. The van der Waals surface area contributed by atoms with E-state index in [0.29, 0.717) is 38.4 Å². The number of aliphatic hydroxyl groups is 3. The molecule has 1 aliphatic rings. The summed E-state index contributed by atoms with van der Waals surface area (Å²) in [6.45, 7) is 2.39. The third-order valence-corrected chi connectivity index (χ3v) is 5.17. The zero-order valence-corrected chi connectivity index (χ0v) is 15.2. The molecule has 2 heterocycles. The second-order valence-corrected chi connectivity index (χ2v) is 6.99. The molecule has 0 aliphatic carbocycles. The summed E-state index contributed by atoms with van der Waals surface area (Å²) in [4.78, 5) is 15.4. The van der Waals surface area contributed by atoms with Gasteiger partial charge in [0, 0.05) is 24.5 Å². The monoisotopic (exact) mass is 362 g/mol. The quantitative estimate of drug-likeness (QED) is 0.460. The van der Waals surface area contributed by atoms with Gasteiger partial charge >= 0.3 is 0 Å². The summed E-state index contributed by atoms with van der Waals surface area (Å²) >= 11 is 0. The van der Waals surface area contributed by atoms with Gasteiger partial charge in [-0.15, -0.1) is 0 Å². The average molecular weight is 362 g/mol. The molecule has 1 amide bonds. The molecule has 1 aromatic heterocycles. The van der Waals surface area contributed by atoms with E-state index >= 15 is 0 Å². The van der Waals surface area contributed by atoms with Gasteiger partial charge in [-0.3, -0.25) is 4.79 Å². The largest absolute Gasteiger partial charge is 0.391 e. The minimum Gasteiger partial charge on any atom is -0.391 e. The summed E-state index contributed by atoms with van der Waals surface area (Å²) in [7, 11) is 1.80. The molecule has 3 rings (SSSR count). The molecule has 0 fully saturated rings. The van der Waals surface area contributed by atoms with E-state index in [1.807, 2.05) is 28.8 Å². The summed E-state index contributed by atoms with van der Waals surface area (Å²) in [6.07, 6.45) is 0.135. The van der Waals surface area contributed by atoms with Gasteiger partial charge in [-0.1, -0.05) is 18.2 Å². The number of quaternary nitrogens is 1. The van der Waals surface area contributed by atoms with Crippen molar-refractivity contribution in [3.05, 3.63) is 35.5 Å². The highest BCUT2D eigenvalue weighted by atomic mass is 16.3. The van der Waals surface area contributed by atoms with Crippen LogP contribution < -0.4 is 4.90 Å². The van der Waals surface area contributed by atoms with Crippen molar-refractivity contribution in [3.63, 3.8) is 0 Å². The summed E-state index contributed by atoms with van der Waals surface area (Å²) in [5.41, 5.74) is 2.70. The fourth-order valence-corrected chi connectivity index (χ4v) is 3.88. The molecule has 0 unspecified atom stereocenters. The van der Waals surface area contributed by atoms with Crippen LogP contribution in [-0.2, 0) is 13.0 Å². The van der Waals surface area contributed by atoms with Crippen molar-refractivity contribution in [2.45, 2.75) is 19.1 Å². The van der Waals surface area contributed by atoms with Crippen molar-refractivity contribution in [2.24, 2.45) is 0 Å². The van der Waals surface area contributed by atoms with Crippen molar-refractivity contribution in [1.82, 2.24) is 9.47 Å². The molecule has 2 aromatic rings. The van der Waals surface area contributed by atoms with Gasteiger partial charge in [0.05, 0.1) is 19.8 Å². The van der Waals surface area contributed by atoms with Gasteiger partial charge in [-0.25, -0.2) is 0 Å². The fourth-order valence-electron chi connectivity index (χ4n) is 3.88. The number of benzene rings is 1. The first kappa shape index (κ1) is 18.8. The Hall–Kier alpha value is -1.93. The maximum absolute atomic E-state index is 12.8. The first-order chi connectivity index (χ1) is 12.6. The van der Waals surface area contributed by atoms with Crippen LogP contribution in [0.2, 0.25) is 0 Å². The molecule has 0 saturated heterocycles. The van der Waals surface area contributed by atoms with Gasteiger partial charge in [-0.2, -0.15) is 0 Å². The van der Waals surface area contributed by atoms with Crippen molar-refractivity contribution >= 4 is 16.8 Å². The number of hydrogen-bond acceptors (Lipinski definition) is 4. The molecule has 0 spiro atoms. The van der Waals surface area contributed by atoms with E-state index in [1.165, 1.54) is 0 Å². The molecular weight excluding hydrogens is 334 g/mol. The van der Waals surface area contributed by atoms with Crippen LogP contribution in [0.4, 0.5) is 0 Å². The van der Waals surface area contributed by atoms with E-state index in [2.05, 4.69) is 0 Å². The lowest BCUT2D eigenvalue weighted by Crippen LogP contribution is -3.14. The number of nitrogens with one attached hydrogen (secondary N) is 1. The number of para-hydroxylation sites is 1. The zero-order valence-electron chi connectivity index (χ0n) is 15.2. The third-order valence-electron chi connectivity index (χ3n) is 5.17. The summed E-state index contributed by atoms with van der Waals surface area (Å²) in [5.74, 6) is -0.00966. The maximum atomic E-state index is 12.8. The normalized spacial score (nSPS) is 15.7. The van der Waals surface area contributed by atoms with E-state index < -0.39 is 6.10 Å². The van der Waals surface area contributed by atoms with Crippen molar-refractivity contribution in [3.8, 4) is 0 Å². The number of amides is 1. The molecular formula is C19H28N3O4+. The lowest BCUT2D eigenvalue weighted by molar-refractivity contribution is -0.904. The van der Waals surface area contributed by atoms with E-state index in [4.69, 9.17) is 10.2 Å². The van der Waals surface area contributed by atoms with Crippen LogP contribution in [-0.4, -0.2) is 83.2 Å². The second kappa shape index (κ2) is 8.18. The van der Waals surface area contributed by atoms with Crippen molar-refractivity contribution < 1.29 is 25.0 Å². The minimum atomic E-state index is -0.678. The van der Waals surface area contributed by atoms with Crippen LogP contribution in [0.15, 0.2) is 24.3 Å². The molecule has 1 aliphatic heterocycles. The molecule has 26 heavy (non-hydrogen) atoms. The molecule has 7 heteroatoms.